The summed E-state index contributed by atoms with van der Waals surface area (Å²) < 4.78 is 1.17. The van der Waals surface area contributed by atoms with Gasteiger partial charge in [-0.1, -0.05) is 24.3 Å². The third-order valence-electron chi connectivity index (χ3n) is 3.54. The van der Waals surface area contributed by atoms with Gasteiger partial charge >= 0.3 is 0 Å². The van der Waals surface area contributed by atoms with Crippen LogP contribution < -0.4 is 11.0 Å². The van der Waals surface area contributed by atoms with Crippen LogP contribution in [0.15, 0.2) is 47.5 Å². The van der Waals surface area contributed by atoms with Crippen LogP contribution in [-0.2, 0) is 4.79 Å². The first-order valence-electron chi connectivity index (χ1n) is 6.68. The summed E-state index contributed by atoms with van der Waals surface area (Å²) in [5.41, 5.74) is 3.01. The van der Waals surface area contributed by atoms with Gasteiger partial charge in [0.2, 0.25) is 5.91 Å². The maximum Gasteiger partial charge on any atom is 0.280 e. The van der Waals surface area contributed by atoms with E-state index < -0.39 is 0 Å². The summed E-state index contributed by atoms with van der Waals surface area (Å²) in [6.07, 6.45) is 7.90. The van der Waals surface area contributed by atoms with E-state index in [9.17, 15) is 9.59 Å². The standard InChI is InChI=1S/C15H15N3O2/c19-14(11-6-2-1-3-7-11)17-18-10-16-13-9-5-4-8-12(13)15(18)20/h1-2,4-5,8-11H,3,6-7H2,(H,17,19). The van der Waals surface area contributed by atoms with E-state index in [1.165, 1.54) is 11.0 Å². The minimum absolute atomic E-state index is 0.0710. The molecular weight excluding hydrogens is 254 g/mol. The van der Waals surface area contributed by atoms with Crippen molar-refractivity contribution in [2.75, 3.05) is 5.43 Å². The van der Waals surface area contributed by atoms with E-state index >= 15 is 0 Å². The smallest absolute Gasteiger partial charge is 0.273 e. The van der Waals surface area contributed by atoms with Gasteiger partial charge in [-0.3, -0.25) is 15.0 Å². The van der Waals surface area contributed by atoms with Gasteiger partial charge in [-0.2, -0.15) is 0 Å². The first-order valence-corrected chi connectivity index (χ1v) is 6.68. The number of rotatable bonds is 2. The molecule has 20 heavy (non-hydrogen) atoms. The number of aromatic nitrogens is 2. The van der Waals surface area contributed by atoms with Crippen molar-refractivity contribution in [3.05, 3.63) is 53.1 Å². The first-order chi connectivity index (χ1) is 9.75. The highest BCUT2D eigenvalue weighted by atomic mass is 16.2. The van der Waals surface area contributed by atoms with Crippen molar-refractivity contribution in [3.63, 3.8) is 0 Å². The molecule has 5 heteroatoms. The highest BCUT2D eigenvalue weighted by Crippen LogP contribution is 2.18. The van der Waals surface area contributed by atoms with Gasteiger partial charge in [-0.25, -0.2) is 9.66 Å². The van der Waals surface area contributed by atoms with Crippen molar-refractivity contribution in [1.82, 2.24) is 9.66 Å². The van der Waals surface area contributed by atoms with Crippen molar-refractivity contribution >= 4 is 16.8 Å². The van der Waals surface area contributed by atoms with Gasteiger partial charge in [0.05, 0.1) is 10.9 Å². The van der Waals surface area contributed by atoms with Gasteiger partial charge in [0.25, 0.3) is 5.56 Å². The second-order valence-corrected chi connectivity index (χ2v) is 4.89. The number of fused-ring (bicyclic) bond motifs is 1. The Balaban J connectivity index is 1.87. The maximum atomic E-state index is 12.2. The molecule has 1 aromatic carbocycles. The minimum atomic E-state index is -0.254. The van der Waals surface area contributed by atoms with Crippen molar-refractivity contribution in [2.24, 2.45) is 5.92 Å². The zero-order valence-electron chi connectivity index (χ0n) is 11.0. The summed E-state index contributed by atoms with van der Waals surface area (Å²) in [7, 11) is 0. The number of benzene rings is 1. The van der Waals surface area contributed by atoms with Crippen LogP contribution in [0.3, 0.4) is 0 Å². The summed E-state index contributed by atoms with van der Waals surface area (Å²) in [4.78, 5) is 28.5. The number of nitrogens with one attached hydrogen (secondary N) is 1. The Bertz CT molecular complexity index is 733. The molecule has 1 aliphatic rings. The Morgan fingerprint density at radius 1 is 1.30 bits per heavy atom. The largest absolute Gasteiger partial charge is 0.280 e. The molecule has 0 radical (unpaired) electrons. The normalized spacial score (nSPS) is 18.1. The fraction of sp³-hybridized carbons (Fsp3) is 0.267. The van der Waals surface area contributed by atoms with Crippen molar-refractivity contribution in [3.8, 4) is 0 Å². The fourth-order valence-corrected chi connectivity index (χ4v) is 2.39. The van der Waals surface area contributed by atoms with E-state index in [1.54, 1.807) is 18.2 Å². The second-order valence-electron chi connectivity index (χ2n) is 4.89. The fourth-order valence-electron chi connectivity index (χ4n) is 2.39. The molecule has 0 aliphatic heterocycles. The zero-order valence-corrected chi connectivity index (χ0v) is 11.0. The summed E-state index contributed by atoms with van der Waals surface area (Å²) in [5, 5.41) is 0.499. The monoisotopic (exact) mass is 269 g/mol. The minimum Gasteiger partial charge on any atom is -0.273 e. The van der Waals surface area contributed by atoms with Gasteiger partial charge in [-0.05, 0) is 31.4 Å². The lowest BCUT2D eigenvalue weighted by Crippen LogP contribution is -2.36. The molecule has 1 amide bonds. The van der Waals surface area contributed by atoms with E-state index in [4.69, 9.17) is 0 Å². The molecule has 0 spiro atoms. The lowest BCUT2D eigenvalue weighted by Gasteiger charge is -2.17. The molecule has 1 aromatic heterocycles. The lowest BCUT2D eigenvalue weighted by atomic mass is 9.94. The van der Waals surface area contributed by atoms with Crippen LogP contribution in [0.1, 0.15) is 19.3 Å². The van der Waals surface area contributed by atoms with Gasteiger partial charge in [0.15, 0.2) is 0 Å². The van der Waals surface area contributed by atoms with E-state index in [0.29, 0.717) is 10.9 Å². The van der Waals surface area contributed by atoms with Crippen LogP contribution in [-0.4, -0.2) is 15.6 Å². The Hall–Kier alpha value is -2.43. The maximum absolute atomic E-state index is 12.2. The van der Waals surface area contributed by atoms with E-state index in [-0.39, 0.29) is 17.4 Å². The van der Waals surface area contributed by atoms with Crippen LogP contribution in [0.4, 0.5) is 0 Å². The van der Waals surface area contributed by atoms with Crippen molar-refractivity contribution in [1.29, 1.82) is 0 Å². The molecule has 1 atom stereocenters. The number of amides is 1. The average molecular weight is 269 g/mol. The van der Waals surface area contributed by atoms with Crippen molar-refractivity contribution < 1.29 is 4.79 Å². The number of hydrogen-bond donors (Lipinski definition) is 1. The summed E-state index contributed by atoms with van der Waals surface area (Å²) in [5.74, 6) is -0.202. The third kappa shape index (κ3) is 2.34. The van der Waals surface area contributed by atoms with E-state index in [1.807, 2.05) is 12.1 Å². The van der Waals surface area contributed by atoms with Gasteiger partial charge in [-0.15, -0.1) is 0 Å². The molecule has 1 heterocycles. The molecule has 5 nitrogen and oxygen atoms in total. The van der Waals surface area contributed by atoms with Gasteiger partial charge < -0.3 is 0 Å². The number of para-hydroxylation sites is 1. The molecule has 0 bridgehead atoms. The molecule has 1 aliphatic carbocycles. The van der Waals surface area contributed by atoms with Crippen LogP contribution in [0.5, 0.6) is 0 Å². The Morgan fingerprint density at radius 2 is 2.15 bits per heavy atom. The highest BCUT2D eigenvalue weighted by molar-refractivity contribution is 5.86. The predicted octanol–water partition coefficient (Wildman–Crippen LogP) is 1.82. The topological polar surface area (TPSA) is 64.0 Å². The van der Waals surface area contributed by atoms with Crippen LogP contribution in [0.25, 0.3) is 10.9 Å². The lowest BCUT2D eigenvalue weighted by molar-refractivity contribution is -0.121. The number of allylic oxidation sites excluding steroid dienone is 2. The number of hydrogen-bond acceptors (Lipinski definition) is 3. The van der Waals surface area contributed by atoms with Crippen LogP contribution >= 0.6 is 0 Å². The highest BCUT2D eigenvalue weighted by Gasteiger charge is 2.19. The van der Waals surface area contributed by atoms with Crippen molar-refractivity contribution in [2.45, 2.75) is 19.3 Å². The molecular formula is C15H15N3O2. The van der Waals surface area contributed by atoms with Crippen LogP contribution in [0, 0.1) is 5.92 Å². The molecule has 3 rings (SSSR count). The summed E-state index contributed by atoms with van der Waals surface area (Å²) in [6, 6.07) is 7.08. The molecule has 1 unspecified atom stereocenters. The van der Waals surface area contributed by atoms with Crippen LogP contribution in [0.2, 0.25) is 0 Å². The molecule has 0 saturated heterocycles. The number of carbonyl (C=O) groups excluding carboxylic acids is 1. The Morgan fingerprint density at radius 3 is 2.95 bits per heavy atom. The molecule has 0 saturated carbocycles. The Labute approximate surface area is 115 Å². The van der Waals surface area contributed by atoms with Gasteiger partial charge in [0.1, 0.15) is 6.33 Å². The molecule has 102 valence electrons. The number of nitrogens with zero attached hydrogens (tertiary/aromatic N) is 2. The van der Waals surface area contributed by atoms with E-state index in [2.05, 4.69) is 16.5 Å². The van der Waals surface area contributed by atoms with E-state index in [0.717, 1.165) is 19.3 Å². The quantitative estimate of drug-likeness (QED) is 0.846. The summed E-state index contributed by atoms with van der Waals surface area (Å²) in [6.45, 7) is 0. The SMILES string of the molecule is O=C(Nn1cnc2ccccc2c1=O)C1CC=CCC1. The molecule has 1 N–H and O–H groups in total. The first kappa shape index (κ1) is 12.6. The summed E-state index contributed by atoms with van der Waals surface area (Å²) >= 11 is 0. The Kier molecular flexibility index (Phi) is 3.33. The predicted molar refractivity (Wildman–Crippen MR) is 76.9 cm³/mol. The average Bonchev–Trinajstić information content (AvgIpc) is 2.51. The molecule has 2 aromatic rings. The second kappa shape index (κ2) is 5.28. The molecule has 0 fully saturated rings. The third-order valence-corrected chi connectivity index (χ3v) is 3.54. The number of carbonyl (C=O) groups is 1. The zero-order chi connectivity index (χ0) is 13.9. The van der Waals surface area contributed by atoms with Gasteiger partial charge in [0, 0.05) is 5.92 Å².